The predicted octanol–water partition coefficient (Wildman–Crippen LogP) is 1.41. The van der Waals surface area contributed by atoms with Crippen LogP contribution in [0.25, 0.3) is 0 Å². The van der Waals surface area contributed by atoms with Gasteiger partial charge in [0.2, 0.25) is 0 Å². The van der Waals surface area contributed by atoms with Gasteiger partial charge in [-0.25, -0.2) is 0 Å². The number of piperidine rings is 1. The van der Waals surface area contributed by atoms with Crippen LogP contribution in [0.1, 0.15) is 59.6 Å². The van der Waals surface area contributed by atoms with E-state index in [0.717, 1.165) is 37.9 Å². The largest absolute Gasteiger partial charge is 0.464 e. The van der Waals surface area contributed by atoms with Crippen molar-refractivity contribution in [1.82, 2.24) is 25.9 Å². The van der Waals surface area contributed by atoms with Gasteiger partial charge in [-0.15, -0.1) is 10.2 Å². The van der Waals surface area contributed by atoms with Crippen molar-refractivity contribution in [2.45, 2.75) is 70.9 Å². The van der Waals surface area contributed by atoms with Crippen LogP contribution < -0.4 is 5.32 Å². The van der Waals surface area contributed by atoms with E-state index in [9.17, 15) is 9.59 Å². The number of nitrogens with zero attached hydrogens (tertiary/aromatic N) is 3. The van der Waals surface area contributed by atoms with E-state index in [0.29, 0.717) is 37.1 Å². The van der Waals surface area contributed by atoms with Crippen molar-refractivity contribution in [1.29, 1.82) is 0 Å². The Morgan fingerprint density at radius 3 is 2.93 bits per heavy atom. The van der Waals surface area contributed by atoms with Crippen LogP contribution in [-0.4, -0.2) is 57.8 Å². The van der Waals surface area contributed by atoms with Crippen LogP contribution in [0.15, 0.2) is 0 Å². The third-order valence-electron chi connectivity index (χ3n) is 5.83. The topological polar surface area (TPSA) is 119 Å². The molecule has 1 aromatic heterocycles. The fraction of sp³-hybridized carbons (Fsp3) is 0.842. The summed E-state index contributed by atoms with van der Waals surface area (Å²) in [4.78, 5) is 23.5. The molecule has 2 fully saturated rings. The number of aromatic nitrogens is 4. The highest BCUT2D eigenvalue weighted by atomic mass is 16.6. The van der Waals surface area contributed by atoms with Gasteiger partial charge in [0.25, 0.3) is 0 Å². The fourth-order valence-corrected chi connectivity index (χ4v) is 4.32. The average molecular weight is 394 g/mol. The number of ether oxygens (including phenoxy) is 2. The molecule has 0 spiro atoms. The molecule has 1 saturated carbocycles. The molecule has 2 N–H and O–H groups in total. The summed E-state index contributed by atoms with van der Waals surface area (Å²) in [5, 5.41) is 17.2. The Labute approximate surface area is 166 Å². The van der Waals surface area contributed by atoms with E-state index >= 15 is 0 Å². The summed E-state index contributed by atoms with van der Waals surface area (Å²) >= 11 is 0. The van der Waals surface area contributed by atoms with E-state index in [1.54, 1.807) is 6.92 Å². The number of nitrogens with one attached hydrogen (secondary N) is 2. The molecule has 0 amide bonds. The van der Waals surface area contributed by atoms with Crippen LogP contribution in [0, 0.1) is 17.8 Å². The number of carbonyl (C=O) groups excluding carboxylic acids is 2. The summed E-state index contributed by atoms with van der Waals surface area (Å²) in [5.41, 5.74) is 0. The molecule has 2 heterocycles. The van der Waals surface area contributed by atoms with Crippen molar-refractivity contribution in [3.63, 3.8) is 0 Å². The van der Waals surface area contributed by atoms with Gasteiger partial charge >= 0.3 is 11.9 Å². The highest BCUT2D eigenvalue weighted by Crippen LogP contribution is 2.40. The minimum Gasteiger partial charge on any atom is -0.464 e. The highest BCUT2D eigenvalue weighted by Gasteiger charge is 2.38. The molecular formula is C19H31N5O4. The van der Waals surface area contributed by atoms with Gasteiger partial charge in [0.05, 0.1) is 7.98 Å². The zero-order valence-electron chi connectivity index (χ0n) is 17.6. The second kappa shape index (κ2) is 9.95. The second-order valence-corrected chi connectivity index (χ2v) is 7.97. The van der Waals surface area contributed by atoms with E-state index in [-0.39, 0.29) is 18.7 Å². The maximum absolute atomic E-state index is 12.6. The van der Waals surface area contributed by atoms with Crippen molar-refractivity contribution in [2.75, 3.05) is 13.2 Å². The Morgan fingerprint density at radius 2 is 2.18 bits per heavy atom. The van der Waals surface area contributed by atoms with Gasteiger partial charge in [0.15, 0.2) is 5.82 Å². The molecule has 1 aromatic rings. The number of fused-ring (bicyclic) bond motifs is 1. The quantitative estimate of drug-likeness (QED) is 0.635. The molecule has 2 aliphatic rings. The van der Waals surface area contributed by atoms with Gasteiger partial charge in [-0.2, -0.15) is 5.21 Å². The Morgan fingerprint density at radius 1 is 1.32 bits per heavy atom. The number of rotatable bonds is 8. The fourth-order valence-electron chi connectivity index (χ4n) is 4.32. The number of aromatic amines is 1. The smallest absolute Gasteiger partial charge is 0.323 e. The number of hydrogen-bond donors (Lipinski definition) is 2. The molecule has 0 unspecified atom stereocenters. The SMILES string of the molecule is [2H][C@@]1(C(=O)OCC[C@H](C)OC(C)=O)C[C@H]2C[C@@H](CCc3nn[nH]n3)CC[C@H]2CN1. The van der Waals surface area contributed by atoms with Gasteiger partial charge in [-0.1, -0.05) is 11.6 Å². The van der Waals surface area contributed by atoms with Gasteiger partial charge in [0, 0.05) is 19.8 Å². The summed E-state index contributed by atoms with van der Waals surface area (Å²) in [5.74, 6) is 1.24. The Kier molecular flexibility index (Phi) is 6.86. The second-order valence-electron chi connectivity index (χ2n) is 7.97. The van der Waals surface area contributed by atoms with Crippen molar-refractivity contribution in [2.24, 2.45) is 17.8 Å². The van der Waals surface area contributed by atoms with Crippen molar-refractivity contribution in [3.05, 3.63) is 5.82 Å². The average Bonchev–Trinajstić information content (AvgIpc) is 3.19. The monoisotopic (exact) mass is 394 g/mol. The van der Waals surface area contributed by atoms with Gasteiger partial charge in [0.1, 0.15) is 12.1 Å². The molecule has 1 aliphatic carbocycles. The van der Waals surface area contributed by atoms with Crippen LogP contribution in [-0.2, 0) is 25.5 Å². The first-order chi connectivity index (χ1) is 13.9. The molecule has 28 heavy (non-hydrogen) atoms. The number of esters is 2. The lowest BCUT2D eigenvalue weighted by molar-refractivity contribution is -0.150. The zero-order chi connectivity index (χ0) is 20.9. The summed E-state index contributed by atoms with van der Waals surface area (Å²) in [6, 6.07) is -1.40. The summed E-state index contributed by atoms with van der Waals surface area (Å²) in [7, 11) is 0. The molecule has 9 heteroatoms. The molecular weight excluding hydrogens is 362 g/mol. The first-order valence-electron chi connectivity index (χ1n) is 10.7. The standard InChI is InChI=1S/C19H31N5O4/c1-12(28-13(2)25)7-8-27-19(26)17-10-16-9-14(3-5-15(16)11-20-17)4-6-18-21-23-24-22-18/h12,14-17,20H,3-11H2,1-2H3,(H,21,22,23,24)/t12-,14+,15-,16+,17-/m0/s1/i17D. The molecule has 5 atom stereocenters. The Bertz CT molecular complexity index is 688. The van der Waals surface area contributed by atoms with E-state index in [1.165, 1.54) is 6.92 Å². The number of tetrazole rings is 1. The first-order valence-corrected chi connectivity index (χ1v) is 10.2. The molecule has 0 bridgehead atoms. The van der Waals surface area contributed by atoms with Crippen molar-refractivity contribution >= 4 is 11.9 Å². The first kappa shape index (κ1) is 19.3. The normalized spacial score (nSPS) is 31.4. The lowest BCUT2D eigenvalue weighted by Crippen LogP contribution is -2.50. The van der Waals surface area contributed by atoms with Gasteiger partial charge in [-0.3, -0.25) is 9.59 Å². The van der Waals surface area contributed by atoms with Gasteiger partial charge in [-0.05, 0) is 56.9 Å². The Hall–Kier alpha value is -2.03. The molecule has 1 aliphatic heterocycles. The molecule has 9 nitrogen and oxygen atoms in total. The minimum atomic E-state index is -1.40. The van der Waals surface area contributed by atoms with E-state index < -0.39 is 12.0 Å². The van der Waals surface area contributed by atoms with Crippen LogP contribution in [0.5, 0.6) is 0 Å². The van der Waals surface area contributed by atoms with Crippen LogP contribution >= 0.6 is 0 Å². The zero-order valence-corrected chi connectivity index (χ0v) is 16.6. The lowest BCUT2D eigenvalue weighted by Gasteiger charge is -2.42. The summed E-state index contributed by atoms with van der Waals surface area (Å²) < 4.78 is 19.0. The Balaban J connectivity index is 1.46. The maximum Gasteiger partial charge on any atom is 0.323 e. The number of hydrogen-bond acceptors (Lipinski definition) is 8. The van der Waals surface area contributed by atoms with E-state index in [4.69, 9.17) is 10.8 Å². The van der Waals surface area contributed by atoms with E-state index in [2.05, 4.69) is 25.9 Å². The van der Waals surface area contributed by atoms with Gasteiger partial charge < -0.3 is 14.8 Å². The highest BCUT2D eigenvalue weighted by molar-refractivity contribution is 5.76. The minimum absolute atomic E-state index is 0.136. The predicted molar refractivity (Wildman–Crippen MR) is 100 cm³/mol. The van der Waals surface area contributed by atoms with Crippen LogP contribution in [0.3, 0.4) is 0 Å². The number of H-pyrrole nitrogens is 1. The van der Waals surface area contributed by atoms with Crippen LogP contribution in [0.4, 0.5) is 0 Å². The maximum atomic E-state index is 12.6. The summed E-state index contributed by atoms with van der Waals surface area (Å²) in [6.07, 6.45) is 5.65. The lowest BCUT2D eigenvalue weighted by atomic mass is 9.69. The van der Waals surface area contributed by atoms with Crippen LogP contribution in [0.2, 0.25) is 0 Å². The number of carbonyl (C=O) groups is 2. The van der Waals surface area contributed by atoms with E-state index in [1.807, 2.05) is 0 Å². The van der Waals surface area contributed by atoms with Crippen molar-refractivity contribution < 1.29 is 20.4 Å². The third-order valence-corrected chi connectivity index (χ3v) is 5.83. The molecule has 156 valence electrons. The summed E-state index contributed by atoms with van der Waals surface area (Å²) in [6.45, 7) is 3.91. The number of aryl methyl sites for hydroxylation is 1. The molecule has 1 saturated heterocycles. The molecule has 3 rings (SSSR count). The van der Waals surface area contributed by atoms with Crippen molar-refractivity contribution in [3.8, 4) is 0 Å². The third kappa shape index (κ3) is 5.98. The molecule has 0 aromatic carbocycles. The molecule has 0 radical (unpaired) electrons.